The summed E-state index contributed by atoms with van der Waals surface area (Å²) in [5.74, 6) is 0.107. The fraction of sp³-hybridized carbons (Fsp3) is 0.417. The van der Waals surface area contributed by atoms with Crippen LogP contribution in [0, 0.1) is 0 Å². The maximum absolute atomic E-state index is 11.3. The highest BCUT2D eigenvalue weighted by molar-refractivity contribution is 5.76. The molecule has 80 valence electrons. The Balaban J connectivity index is 2.21. The first kappa shape index (κ1) is 10.0. The molecule has 0 saturated heterocycles. The van der Waals surface area contributed by atoms with Crippen molar-refractivity contribution >= 4 is 11.6 Å². The van der Waals surface area contributed by atoms with Crippen LogP contribution >= 0.6 is 0 Å². The highest BCUT2D eigenvalue weighted by Crippen LogP contribution is 2.34. The molecule has 0 aromatic heterocycles. The van der Waals surface area contributed by atoms with Gasteiger partial charge in [-0.25, -0.2) is 0 Å². The Morgan fingerprint density at radius 3 is 3.13 bits per heavy atom. The Morgan fingerprint density at radius 1 is 1.60 bits per heavy atom. The Kier molecular flexibility index (Phi) is 2.62. The van der Waals surface area contributed by atoms with Gasteiger partial charge < -0.3 is 11.1 Å². The molecule has 1 unspecified atom stereocenters. The third-order valence-corrected chi connectivity index (χ3v) is 2.96. The van der Waals surface area contributed by atoms with Crippen LogP contribution in [0.15, 0.2) is 18.2 Å². The van der Waals surface area contributed by atoms with Crippen molar-refractivity contribution in [2.75, 3.05) is 5.73 Å². The number of anilines is 1. The number of hydrogen-bond donors (Lipinski definition) is 2. The van der Waals surface area contributed by atoms with E-state index in [1.807, 2.05) is 19.1 Å². The van der Waals surface area contributed by atoms with Crippen LogP contribution in [0.5, 0.6) is 0 Å². The lowest BCUT2D eigenvalue weighted by atomic mass is 10.1. The zero-order valence-corrected chi connectivity index (χ0v) is 8.92. The van der Waals surface area contributed by atoms with Crippen molar-refractivity contribution < 1.29 is 4.79 Å². The van der Waals surface area contributed by atoms with Crippen molar-refractivity contribution in [2.45, 2.75) is 32.2 Å². The van der Waals surface area contributed by atoms with E-state index < -0.39 is 0 Å². The molecule has 0 aliphatic heterocycles. The van der Waals surface area contributed by atoms with E-state index in [0.29, 0.717) is 6.42 Å². The predicted octanol–water partition coefficient (Wildman–Crippen LogP) is 1.78. The molecule has 1 aliphatic rings. The van der Waals surface area contributed by atoms with Gasteiger partial charge in [-0.15, -0.1) is 0 Å². The minimum absolute atomic E-state index is 0.107. The van der Waals surface area contributed by atoms with Crippen LogP contribution in [0.1, 0.15) is 36.9 Å². The molecular formula is C12H16N2O. The molecule has 1 aliphatic carbocycles. The summed E-state index contributed by atoms with van der Waals surface area (Å²) in [6.45, 7) is 1.87. The Labute approximate surface area is 89.7 Å². The molecular weight excluding hydrogens is 188 g/mol. The van der Waals surface area contributed by atoms with Crippen molar-refractivity contribution in [3.8, 4) is 0 Å². The Bertz CT molecular complexity index is 387. The summed E-state index contributed by atoms with van der Waals surface area (Å²) in [5, 5.41) is 3.02. The smallest absolute Gasteiger partial charge is 0.220 e. The van der Waals surface area contributed by atoms with Gasteiger partial charge in [0.15, 0.2) is 0 Å². The average Bonchev–Trinajstić information content (AvgIpc) is 2.63. The third-order valence-electron chi connectivity index (χ3n) is 2.96. The normalized spacial score (nSPS) is 18.6. The molecule has 3 heteroatoms. The van der Waals surface area contributed by atoms with Gasteiger partial charge in [0.2, 0.25) is 5.91 Å². The monoisotopic (exact) mass is 204 g/mol. The molecule has 0 fully saturated rings. The molecule has 2 rings (SSSR count). The molecule has 1 atom stereocenters. The summed E-state index contributed by atoms with van der Waals surface area (Å²) in [6, 6.07) is 6.09. The second-order valence-corrected chi connectivity index (χ2v) is 3.93. The number of nitrogens with one attached hydrogen (secondary N) is 1. The van der Waals surface area contributed by atoms with E-state index in [2.05, 4.69) is 11.4 Å². The van der Waals surface area contributed by atoms with E-state index in [4.69, 9.17) is 5.73 Å². The first-order valence-corrected chi connectivity index (χ1v) is 5.39. The molecule has 0 saturated carbocycles. The summed E-state index contributed by atoms with van der Waals surface area (Å²) < 4.78 is 0. The van der Waals surface area contributed by atoms with E-state index in [9.17, 15) is 4.79 Å². The summed E-state index contributed by atoms with van der Waals surface area (Å²) in [4.78, 5) is 11.3. The maximum Gasteiger partial charge on any atom is 0.220 e. The van der Waals surface area contributed by atoms with Crippen LogP contribution in [0.4, 0.5) is 5.69 Å². The van der Waals surface area contributed by atoms with E-state index >= 15 is 0 Å². The zero-order chi connectivity index (χ0) is 10.8. The van der Waals surface area contributed by atoms with Crippen LogP contribution in [0.25, 0.3) is 0 Å². The van der Waals surface area contributed by atoms with Gasteiger partial charge in [0.25, 0.3) is 0 Å². The summed E-state index contributed by atoms with van der Waals surface area (Å²) in [5.41, 5.74) is 9.13. The molecule has 3 nitrogen and oxygen atoms in total. The zero-order valence-electron chi connectivity index (χ0n) is 8.92. The number of carbonyl (C=O) groups is 1. The number of carbonyl (C=O) groups excluding carboxylic acids is 1. The lowest BCUT2D eigenvalue weighted by Gasteiger charge is -2.13. The van der Waals surface area contributed by atoms with Crippen LogP contribution in [-0.4, -0.2) is 5.91 Å². The van der Waals surface area contributed by atoms with E-state index in [-0.39, 0.29) is 11.9 Å². The van der Waals surface area contributed by atoms with Gasteiger partial charge in [-0.1, -0.05) is 19.1 Å². The largest absolute Gasteiger partial charge is 0.398 e. The van der Waals surface area contributed by atoms with Gasteiger partial charge >= 0.3 is 0 Å². The Hall–Kier alpha value is -1.51. The molecule has 0 spiro atoms. The van der Waals surface area contributed by atoms with Crippen LogP contribution in [0.3, 0.4) is 0 Å². The molecule has 15 heavy (non-hydrogen) atoms. The third kappa shape index (κ3) is 1.82. The molecule has 3 N–H and O–H groups in total. The predicted molar refractivity (Wildman–Crippen MR) is 60.4 cm³/mol. The van der Waals surface area contributed by atoms with Gasteiger partial charge in [-0.3, -0.25) is 4.79 Å². The summed E-state index contributed by atoms with van der Waals surface area (Å²) in [6.07, 6.45) is 2.47. The molecule has 1 amide bonds. The number of hydrogen-bond acceptors (Lipinski definition) is 2. The lowest BCUT2D eigenvalue weighted by Crippen LogP contribution is -2.26. The fourth-order valence-corrected chi connectivity index (χ4v) is 2.13. The minimum Gasteiger partial charge on any atom is -0.398 e. The van der Waals surface area contributed by atoms with Crippen LogP contribution in [0.2, 0.25) is 0 Å². The van der Waals surface area contributed by atoms with E-state index in [0.717, 1.165) is 18.5 Å². The quantitative estimate of drug-likeness (QED) is 0.721. The maximum atomic E-state index is 11.3. The lowest BCUT2D eigenvalue weighted by molar-refractivity contribution is -0.121. The molecule has 0 radical (unpaired) electrons. The molecule has 0 heterocycles. The second-order valence-electron chi connectivity index (χ2n) is 3.93. The number of nitrogens with two attached hydrogens (primary N) is 1. The average molecular weight is 204 g/mol. The number of benzene rings is 1. The molecule has 1 aromatic carbocycles. The van der Waals surface area contributed by atoms with Gasteiger partial charge in [0, 0.05) is 12.1 Å². The highest BCUT2D eigenvalue weighted by Gasteiger charge is 2.24. The van der Waals surface area contributed by atoms with Crippen LogP contribution < -0.4 is 11.1 Å². The van der Waals surface area contributed by atoms with Crippen molar-refractivity contribution in [3.05, 3.63) is 29.3 Å². The van der Waals surface area contributed by atoms with Crippen LogP contribution in [-0.2, 0) is 11.2 Å². The molecule has 1 aromatic rings. The highest BCUT2D eigenvalue weighted by atomic mass is 16.1. The first-order chi connectivity index (χ1) is 7.22. The van der Waals surface area contributed by atoms with Crippen molar-refractivity contribution in [3.63, 3.8) is 0 Å². The first-order valence-electron chi connectivity index (χ1n) is 5.39. The fourth-order valence-electron chi connectivity index (χ4n) is 2.13. The summed E-state index contributed by atoms with van der Waals surface area (Å²) >= 11 is 0. The number of nitrogen functional groups attached to an aromatic ring is 1. The van der Waals surface area contributed by atoms with Gasteiger partial charge in [0.1, 0.15) is 0 Å². The summed E-state index contributed by atoms with van der Waals surface area (Å²) in [7, 11) is 0. The van der Waals surface area contributed by atoms with Gasteiger partial charge in [-0.05, 0) is 30.0 Å². The molecule has 0 bridgehead atoms. The van der Waals surface area contributed by atoms with Crippen molar-refractivity contribution in [1.82, 2.24) is 5.32 Å². The van der Waals surface area contributed by atoms with Crippen molar-refractivity contribution in [2.24, 2.45) is 0 Å². The SMILES string of the molecule is CCC(=O)NC1CCc2c(N)cccc21. The van der Waals surface area contributed by atoms with E-state index in [1.165, 1.54) is 11.1 Å². The standard InChI is InChI=1S/C12H16N2O/c1-2-12(15)14-11-7-6-8-9(11)4-3-5-10(8)13/h3-5,11H,2,6-7,13H2,1H3,(H,14,15). The topological polar surface area (TPSA) is 55.1 Å². The number of fused-ring (bicyclic) bond motifs is 1. The van der Waals surface area contributed by atoms with Crippen molar-refractivity contribution in [1.29, 1.82) is 0 Å². The number of amides is 1. The Morgan fingerprint density at radius 2 is 2.40 bits per heavy atom. The van der Waals surface area contributed by atoms with Gasteiger partial charge in [-0.2, -0.15) is 0 Å². The van der Waals surface area contributed by atoms with Gasteiger partial charge in [0.05, 0.1) is 6.04 Å². The minimum atomic E-state index is 0.107. The van der Waals surface area contributed by atoms with E-state index in [1.54, 1.807) is 0 Å². The second kappa shape index (κ2) is 3.93. The number of rotatable bonds is 2.